The van der Waals surface area contributed by atoms with Gasteiger partial charge in [-0.15, -0.1) is 0 Å². The van der Waals surface area contributed by atoms with Gasteiger partial charge in [0.15, 0.2) is 0 Å². The van der Waals surface area contributed by atoms with Gasteiger partial charge in [-0.1, -0.05) is 36.9 Å². The lowest BCUT2D eigenvalue weighted by Gasteiger charge is -2.06. The quantitative estimate of drug-likeness (QED) is 0.481. The first kappa shape index (κ1) is 17.3. The lowest BCUT2D eigenvalue weighted by atomic mass is 10.1. The van der Waals surface area contributed by atoms with Crippen molar-refractivity contribution in [1.82, 2.24) is 0 Å². The second-order valence-electron chi connectivity index (χ2n) is 5.11. The number of esters is 2. The highest BCUT2D eigenvalue weighted by molar-refractivity contribution is 5.75. The highest BCUT2D eigenvalue weighted by Gasteiger charge is 2.08. The minimum Gasteiger partial charge on any atom is -0.508 e. The highest BCUT2D eigenvalue weighted by atomic mass is 16.5. The van der Waals surface area contributed by atoms with Crippen molar-refractivity contribution >= 4 is 11.9 Å². The van der Waals surface area contributed by atoms with E-state index in [0.29, 0.717) is 5.75 Å². The van der Waals surface area contributed by atoms with Crippen LogP contribution in [0.5, 0.6) is 11.5 Å². The summed E-state index contributed by atoms with van der Waals surface area (Å²) in [5.41, 5.74) is 1.52. The van der Waals surface area contributed by atoms with Gasteiger partial charge in [-0.05, 0) is 35.4 Å². The molecule has 0 heterocycles. The zero-order valence-corrected chi connectivity index (χ0v) is 13.1. The largest absolute Gasteiger partial charge is 0.508 e. The number of hydrogen-bond acceptors (Lipinski definition) is 5. The Morgan fingerprint density at radius 1 is 0.917 bits per heavy atom. The molecule has 0 unspecified atom stereocenters. The van der Waals surface area contributed by atoms with Crippen molar-refractivity contribution in [2.24, 2.45) is 0 Å². The van der Waals surface area contributed by atoms with Crippen molar-refractivity contribution in [3.05, 3.63) is 72.3 Å². The molecule has 5 heteroatoms. The minimum atomic E-state index is -0.404. The molecule has 0 fully saturated rings. The van der Waals surface area contributed by atoms with E-state index in [4.69, 9.17) is 9.47 Å². The second kappa shape index (κ2) is 8.53. The number of hydrogen-bond donors (Lipinski definition) is 1. The van der Waals surface area contributed by atoms with Gasteiger partial charge in [-0.2, -0.15) is 0 Å². The van der Waals surface area contributed by atoms with Crippen LogP contribution < -0.4 is 4.74 Å². The van der Waals surface area contributed by atoms with Crippen molar-refractivity contribution < 1.29 is 24.2 Å². The van der Waals surface area contributed by atoms with Crippen LogP contribution in [0.2, 0.25) is 0 Å². The molecule has 2 rings (SSSR count). The smallest absolute Gasteiger partial charge is 0.315 e. The summed E-state index contributed by atoms with van der Waals surface area (Å²) in [4.78, 5) is 23.4. The van der Waals surface area contributed by atoms with Crippen LogP contribution >= 0.6 is 0 Å². The van der Waals surface area contributed by atoms with E-state index in [0.717, 1.165) is 11.1 Å². The third-order valence-electron chi connectivity index (χ3n) is 3.15. The SMILES string of the molecule is C=CCOC(=O)Cc1ccc(OC(=O)Cc2ccc(O)cc2)cc1. The molecule has 0 saturated carbocycles. The maximum absolute atomic E-state index is 11.9. The molecule has 0 spiro atoms. The molecule has 5 nitrogen and oxygen atoms in total. The number of ether oxygens (including phenoxy) is 2. The zero-order valence-electron chi connectivity index (χ0n) is 13.1. The average Bonchev–Trinajstić information content (AvgIpc) is 2.57. The van der Waals surface area contributed by atoms with Crippen molar-refractivity contribution in [3.63, 3.8) is 0 Å². The van der Waals surface area contributed by atoms with Crippen LogP contribution in [-0.2, 0) is 27.2 Å². The number of phenolic OH excluding ortho intramolecular Hbond substituents is 1. The molecule has 24 heavy (non-hydrogen) atoms. The first-order valence-corrected chi connectivity index (χ1v) is 7.41. The van der Waals surface area contributed by atoms with Gasteiger partial charge in [0.25, 0.3) is 0 Å². The number of carbonyl (C=O) groups excluding carboxylic acids is 2. The van der Waals surface area contributed by atoms with E-state index in [9.17, 15) is 14.7 Å². The maximum Gasteiger partial charge on any atom is 0.315 e. The molecule has 0 radical (unpaired) electrons. The molecule has 0 aliphatic rings. The Morgan fingerprint density at radius 2 is 1.46 bits per heavy atom. The van der Waals surface area contributed by atoms with Gasteiger partial charge in [-0.25, -0.2) is 0 Å². The normalized spacial score (nSPS) is 10.0. The van der Waals surface area contributed by atoms with E-state index in [1.165, 1.54) is 18.2 Å². The molecule has 0 bridgehead atoms. The van der Waals surface area contributed by atoms with Gasteiger partial charge in [0.2, 0.25) is 0 Å². The van der Waals surface area contributed by atoms with Crippen LogP contribution in [0, 0.1) is 0 Å². The molecule has 0 saturated heterocycles. The predicted octanol–water partition coefficient (Wildman–Crippen LogP) is 2.81. The molecule has 1 N–H and O–H groups in total. The number of phenols is 1. The summed E-state index contributed by atoms with van der Waals surface area (Å²) in [5.74, 6) is -0.192. The summed E-state index contributed by atoms with van der Waals surface area (Å²) >= 11 is 0. The molecule has 0 aromatic heterocycles. The highest BCUT2D eigenvalue weighted by Crippen LogP contribution is 2.15. The molecular formula is C19H18O5. The van der Waals surface area contributed by atoms with Crippen molar-refractivity contribution in [2.75, 3.05) is 6.61 Å². The van der Waals surface area contributed by atoms with E-state index in [2.05, 4.69) is 6.58 Å². The zero-order chi connectivity index (χ0) is 17.4. The van der Waals surface area contributed by atoms with E-state index in [1.54, 1.807) is 36.4 Å². The summed E-state index contributed by atoms with van der Waals surface area (Å²) < 4.78 is 10.1. The van der Waals surface area contributed by atoms with Gasteiger partial charge in [0.05, 0.1) is 12.8 Å². The molecule has 2 aromatic carbocycles. The van der Waals surface area contributed by atoms with Gasteiger partial charge >= 0.3 is 11.9 Å². The van der Waals surface area contributed by atoms with E-state index >= 15 is 0 Å². The van der Waals surface area contributed by atoms with E-state index in [1.807, 2.05) is 0 Å². The minimum absolute atomic E-state index is 0.107. The Kier molecular flexibility index (Phi) is 6.14. The summed E-state index contributed by atoms with van der Waals surface area (Å²) in [6.07, 6.45) is 1.76. The molecule has 124 valence electrons. The predicted molar refractivity (Wildman–Crippen MR) is 88.7 cm³/mol. The van der Waals surface area contributed by atoms with Crippen LogP contribution in [-0.4, -0.2) is 23.7 Å². The van der Waals surface area contributed by atoms with Crippen molar-refractivity contribution in [2.45, 2.75) is 12.8 Å². The Labute approximate surface area is 140 Å². The summed E-state index contributed by atoms with van der Waals surface area (Å²) in [5, 5.41) is 9.21. The van der Waals surface area contributed by atoms with Crippen LogP contribution in [0.3, 0.4) is 0 Å². The Balaban J connectivity index is 1.86. The molecule has 0 amide bonds. The number of rotatable bonds is 7. The van der Waals surface area contributed by atoms with Crippen LogP contribution in [0.15, 0.2) is 61.2 Å². The molecule has 2 aromatic rings. The average molecular weight is 326 g/mol. The van der Waals surface area contributed by atoms with Gasteiger partial charge in [0.1, 0.15) is 18.1 Å². The number of aromatic hydroxyl groups is 1. The Bertz CT molecular complexity index is 702. The van der Waals surface area contributed by atoms with Gasteiger partial charge in [-0.3, -0.25) is 9.59 Å². The van der Waals surface area contributed by atoms with Crippen LogP contribution in [0.4, 0.5) is 0 Å². The van der Waals surface area contributed by atoms with Gasteiger partial charge in [0, 0.05) is 0 Å². The molecule has 0 aliphatic carbocycles. The third kappa shape index (κ3) is 5.61. The summed E-state index contributed by atoms with van der Waals surface area (Å²) in [6, 6.07) is 13.0. The lowest BCUT2D eigenvalue weighted by molar-refractivity contribution is -0.141. The van der Waals surface area contributed by atoms with E-state index in [-0.39, 0.29) is 31.2 Å². The van der Waals surface area contributed by atoms with Crippen LogP contribution in [0.1, 0.15) is 11.1 Å². The standard InChI is InChI=1S/C19H18O5/c1-2-11-23-18(21)12-15-5-9-17(10-6-15)24-19(22)13-14-3-7-16(20)8-4-14/h2-10,20H,1,11-13H2. The van der Waals surface area contributed by atoms with Crippen LogP contribution in [0.25, 0.3) is 0 Å². The fourth-order valence-corrected chi connectivity index (χ4v) is 1.99. The fraction of sp³-hybridized carbons (Fsp3) is 0.158. The number of carbonyl (C=O) groups is 2. The topological polar surface area (TPSA) is 72.8 Å². The summed E-state index contributed by atoms with van der Waals surface area (Å²) in [7, 11) is 0. The lowest BCUT2D eigenvalue weighted by Crippen LogP contribution is -2.11. The third-order valence-corrected chi connectivity index (χ3v) is 3.15. The first-order valence-electron chi connectivity index (χ1n) is 7.41. The monoisotopic (exact) mass is 326 g/mol. The molecule has 0 atom stereocenters. The summed E-state index contributed by atoms with van der Waals surface area (Å²) in [6.45, 7) is 3.66. The van der Waals surface area contributed by atoms with Crippen molar-refractivity contribution in [1.29, 1.82) is 0 Å². The molecular weight excluding hydrogens is 308 g/mol. The first-order chi connectivity index (χ1) is 11.6. The van der Waals surface area contributed by atoms with E-state index < -0.39 is 5.97 Å². The Morgan fingerprint density at radius 3 is 2.04 bits per heavy atom. The fourth-order valence-electron chi connectivity index (χ4n) is 1.99. The second-order valence-corrected chi connectivity index (χ2v) is 5.11. The number of benzene rings is 2. The maximum atomic E-state index is 11.9. The van der Waals surface area contributed by atoms with Crippen molar-refractivity contribution in [3.8, 4) is 11.5 Å². The van der Waals surface area contributed by atoms with Gasteiger partial charge < -0.3 is 14.6 Å². The molecule has 0 aliphatic heterocycles. The Hall–Kier alpha value is -3.08.